The summed E-state index contributed by atoms with van der Waals surface area (Å²) in [5.41, 5.74) is 6.48. The van der Waals surface area contributed by atoms with Crippen LogP contribution < -0.4 is 15.2 Å². The van der Waals surface area contributed by atoms with Gasteiger partial charge in [0.25, 0.3) is 0 Å². The van der Waals surface area contributed by atoms with Gasteiger partial charge in [0.2, 0.25) is 0 Å². The number of rotatable bonds is 8. The minimum atomic E-state index is 0.331. The molecule has 0 bridgehead atoms. The third-order valence-electron chi connectivity index (χ3n) is 3.39. The van der Waals surface area contributed by atoms with E-state index in [0.717, 1.165) is 17.9 Å². The van der Waals surface area contributed by atoms with E-state index in [2.05, 4.69) is 32.6 Å². The second kappa shape index (κ2) is 8.20. The minimum absolute atomic E-state index is 0.331. The lowest BCUT2D eigenvalue weighted by Gasteiger charge is -2.30. The maximum atomic E-state index is 5.88. The molecule has 0 spiro atoms. The molecule has 0 unspecified atom stereocenters. The van der Waals surface area contributed by atoms with Gasteiger partial charge in [0, 0.05) is 24.7 Å². The summed E-state index contributed by atoms with van der Waals surface area (Å²) >= 11 is 5.06. The summed E-state index contributed by atoms with van der Waals surface area (Å²) in [7, 11) is 1.62. The Balaban J connectivity index is 2.75. The van der Waals surface area contributed by atoms with Crippen LogP contribution in [0.2, 0.25) is 0 Å². The number of thiocarbonyl (C=S) groups is 1. The Labute approximate surface area is 133 Å². The first-order chi connectivity index (χ1) is 9.86. The summed E-state index contributed by atoms with van der Waals surface area (Å²) in [5.74, 6) is 1.41. The zero-order valence-corrected chi connectivity index (χ0v) is 14.4. The number of hydrogen-bond acceptors (Lipinski definition) is 4. The minimum Gasteiger partial charge on any atom is -0.497 e. The van der Waals surface area contributed by atoms with Gasteiger partial charge in [-0.3, -0.25) is 4.90 Å². The highest BCUT2D eigenvalue weighted by atomic mass is 32.1. The van der Waals surface area contributed by atoms with Gasteiger partial charge in [-0.05, 0) is 39.8 Å². The van der Waals surface area contributed by atoms with Gasteiger partial charge in [0.1, 0.15) is 23.1 Å². The van der Waals surface area contributed by atoms with Crippen LogP contribution in [-0.4, -0.2) is 42.2 Å². The van der Waals surface area contributed by atoms with Crippen molar-refractivity contribution < 1.29 is 9.47 Å². The van der Waals surface area contributed by atoms with Crippen molar-refractivity contribution in [1.29, 1.82) is 0 Å². The molecule has 0 aromatic heterocycles. The molecule has 0 aliphatic carbocycles. The Bertz CT molecular complexity index is 467. The summed E-state index contributed by atoms with van der Waals surface area (Å²) in [5, 5.41) is 0. The molecule has 0 radical (unpaired) electrons. The molecule has 0 saturated heterocycles. The van der Waals surface area contributed by atoms with Crippen LogP contribution in [0.25, 0.3) is 0 Å². The first kappa shape index (κ1) is 17.7. The van der Waals surface area contributed by atoms with Crippen LogP contribution in [-0.2, 0) is 0 Å². The molecular formula is C16H26N2O2S. The standard InChI is InChI=1S/C16H26N2O2S/c1-11(2)18(12(3)4)8-9-20-15-10-13(19-5)6-7-14(15)16(17)21/h6-7,10-12H,8-9H2,1-5H3,(H2,17,21). The monoisotopic (exact) mass is 310 g/mol. The fourth-order valence-corrected chi connectivity index (χ4v) is 2.49. The van der Waals surface area contributed by atoms with Gasteiger partial charge >= 0.3 is 0 Å². The van der Waals surface area contributed by atoms with E-state index in [4.69, 9.17) is 27.4 Å². The number of nitrogens with two attached hydrogens (primary N) is 1. The Morgan fingerprint density at radius 3 is 2.33 bits per heavy atom. The van der Waals surface area contributed by atoms with Crippen molar-refractivity contribution in [3.63, 3.8) is 0 Å². The van der Waals surface area contributed by atoms with E-state index in [0.29, 0.717) is 29.4 Å². The van der Waals surface area contributed by atoms with Crippen LogP contribution in [0.15, 0.2) is 18.2 Å². The number of nitrogens with zero attached hydrogens (tertiary/aromatic N) is 1. The first-order valence-electron chi connectivity index (χ1n) is 7.23. The molecule has 0 heterocycles. The smallest absolute Gasteiger partial charge is 0.133 e. The van der Waals surface area contributed by atoms with Crippen LogP contribution in [0.3, 0.4) is 0 Å². The summed E-state index contributed by atoms with van der Waals surface area (Å²) in [6, 6.07) is 6.45. The third kappa shape index (κ3) is 5.17. The van der Waals surface area contributed by atoms with Crippen molar-refractivity contribution in [2.75, 3.05) is 20.3 Å². The van der Waals surface area contributed by atoms with E-state index in [1.54, 1.807) is 7.11 Å². The van der Waals surface area contributed by atoms with Crippen molar-refractivity contribution in [2.24, 2.45) is 5.73 Å². The lowest BCUT2D eigenvalue weighted by molar-refractivity contribution is 0.142. The molecule has 0 saturated carbocycles. The molecule has 1 aromatic rings. The fraction of sp³-hybridized carbons (Fsp3) is 0.562. The van der Waals surface area contributed by atoms with Crippen molar-refractivity contribution >= 4 is 17.2 Å². The topological polar surface area (TPSA) is 47.7 Å². The highest BCUT2D eigenvalue weighted by Crippen LogP contribution is 2.25. The number of ether oxygens (including phenoxy) is 2. The van der Waals surface area contributed by atoms with Gasteiger partial charge < -0.3 is 15.2 Å². The van der Waals surface area contributed by atoms with Crippen molar-refractivity contribution in [3.05, 3.63) is 23.8 Å². The number of methoxy groups -OCH3 is 1. The Kier molecular flexibility index (Phi) is 6.92. The van der Waals surface area contributed by atoms with Gasteiger partial charge in [-0.15, -0.1) is 0 Å². The van der Waals surface area contributed by atoms with Crippen molar-refractivity contribution in [2.45, 2.75) is 39.8 Å². The first-order valence-corrected chi connectivity index (χ1v) is 7.64. The Morgan fingerprint density at radius 2 is 1.86 bits per heavy atom. The lowest BCUT2D eigenvalue weighted by atomic mass is 10.2. The molecule has 5 heteroatoms. The summed E-state index contributed by atoms with van der Waals surface area (Å²) in [4.78, 5) is 2.71. The van der Waals surface area contributed by atoms with E-state index in [1.807, 2.05) is 18.2 Å². The zero-order chi connectivity index (χ0) is 16.0. The molecular weight excluding hydrogens is 284 g/mol. The molecule has 1 aromatic carbocycles. The Morgan fingerprint density at radius 1 is 1.24 bits per heavy atom. The maximum Gasteiger partial charge on any atom is 0.133 e. The highest BCUT2D eigenvalue weighted by Gasteiger charge is 2.14. The third-order valence-corrected chi connectivity index (χ3v) is 3.61. The summed E-state index contributed by atoms with van der Waals surface area (Å²) in [6.07, 6.45) is 0. The molecule has 0 atom stereocenters. The lowest BCUT2D eigenvalue weighted by Crippen LogP contribution is -2.39. The summed E-state index contributed by atoms with van der Waals surface area (Å²) in [6.45, 7) is 10.2. The normalized spacial score (nSPS) is 11.2. The molecule has 0 amide bonds. The molecule has 1 rings (SSSR count). The van der Waals surface area contributed by atoms with Crippen LogP contribution in [0.1, 0.15) is 33.3 Å². The zero-order valence-electron chi connectivity index (χ0n) is 13.6. The van der Waals surface area contributed by atoms with Crippen LogP contribution in [0, 0.1) is 0 Å². The maximum absolute atomic E-state index is 5.88. The van der Waals surface area contributed by atoms with Gasteiger partial charge in [-0.25, -0.2) is 0 Å². The SMILES string of the molecule is COc1ccc(C(N)=S)c(OCCN(C(C)C)C(C)C)c1. The average Bonchev–Trinajstić information content (AvgIpc) is 2.42. The second-order valence-corrected chi connectivity index (χ2v) is 5.94. The van der Waals surface area contributed by atoms with E-state index in [-0.39, 0.29) is 0 Å². The average molecular weight is 310 g/mol. The van der Waals surface area contributed by atoms with E-state index in [9.17, 15) is 0 Å². The van der Waals surface area contributed by atoms with E-state index >= 15 is 0 Å². The molecule has 2 N–H and O–H groups in total. The molecule has 118 valence electrons. The predicted molar refractivity (Wildman–Crippen MR) is 91.4 cm³/mol. The van der Waals surface area contributed by atoms with Gasteiger partial charge in [-0.1, -0.05) is 12.2 Å². The van der Waals surface area contributed by atoms with Crippen LogP contribution in [0.4, 0.5) is 0 Å². The van der Waals surface area contributed by atoms with Crippen LogP contribution >= 0.6 is 12.2 Å². The van der Waals surface area contributed by atoms with Gasteiger partial charge in [-0.2, -0.15) is 0 Å². The van der Waals surface area contributed by atoms with E-state index in [1.165, 1.54) is 0 Å². The largest absolute Gasteiger partial charge is 0.497 e. The quantitative estimate of drug-likeness (QED) is 0.748. The predicted octanol–water partition coefficient (Wildman–Crippen LogP) is 2.83. The number of hydrogen-bond donors (Lipinski definition) is 1. The molecule has 0 fully saturated rings. The summed E-state index contributed by atoms with van der Waals surface area (Å²) < 4.78 is 11.1. The van der Waals surface area contributed by atoms with Gasteiger partial charge in [0.15, 0.2) is 0 Å². The van der Waals surface area contributed by atoms with Gasteiger partial charge in [0.05, 0.1) is 12.7 Å². The second-order valence-electron chi connectivity index (χ2n) is 5.50. The van der Waals surface area contributed by atoms with E-state index < -0.39 is 0 Å². The van der Waals surface area contributed by atoms with Crippen molar-refractivity contribution in [3.8, 4) is 11.5 Å². The van der Waals surface area contributed by atoms with Crippen molar-refractivity contribution in [1.82, 2.24) is 4.90 Å². The molecule has 4 nitrogen and oxygen atoms in total. The Hall–Kier alpha value is -1.33. The highest BCUT2D eigenvalue weighted by molar-refractivity contribution is 7.80. The number of benzene rings is 1. The molecule has 21 heavy (non-hydrogen) atoms. The van der Waals surface area contributed by atoms with Crippen LogP contribution in [0.5, 0.6) is 11.5 Å². The molecule has 0 aliphatic heterocycles. The fourth-order valence-electron chi connectivity index (χ4n) is 2.33. The molecule has 0 aliphatic rings.